The van der Waals surface area contributed by atoms with Crippen LogP contribution in [0.4, 0.5) is 0 Å². The van der Waals surface area contributed by atoms with Crippen molar-refractivity contribution in [2.45, 2.75) is 64.3 Å². The summed E-state index contributed by atoms with van der Waals surface area (Å²) in [4.78, 5) is 0. The first-order chi connectivity index (χ1) is 12.6. The molecule has 27 heavy (non-hydrogen) atoms. The molecule has 0 amide bonds. The molecule has 3 atom stereocenters. The number of benzene rings is 1. The van der Waals surface area contributed by atoms with E-state index in [-0.39, 0.29) is 33.7 Å². The van der Waals surface area contributed by atoms with Crippen molar-refractivity contribution in [3.05, 3.63) is 17.4 Å². The number of rotatable bonds is 1. The third-order valence-corrected chi connectivity index (χ3v) is 7.16. The summed E-state index contributed by atoms with van der Waals surface area (Å²) in [6, 6.07) is 1.17. The van der Waals surface area contributed by atoms with E-state index in [1.165, 1.54) is 6.07 Å². The second-order valence-corrected chi connectivity index (χ2v) is 9.25. The number of phenolic OH excluding ortho intramolecular Hbond substituents is 2. The monoisotopic (exact) mass is 373 g/mol. The smallest absolute Gasteiger partial charge is 0.496 e. The van der Waals surface area contributed by atoms with Crippen molar-refractivity contribution in [1.82, 2.24) is 0 Å². The first-order valence-electron chi connectivity index (χ1n) is 9.71. The lowest BCUT2D eigenvalue weighted by molar-refractivity contribution is 0.0503. The number of aromatic hydroxyl groups is 2. The van der Waals surface area contributed by atoms with Gasteiger partial charge < -0.3 is 30.4 Å². The highest BCUT2D eigenvalue weighted by Crippen LogP contribution is 2.59. The molecule has 0 aliphatic heterocycles. The Morgan fingerprint density at radius 2 is 1.85 bits per heavy atom. The van der Waals surface area contributed by atoms with E-state index in [1.807, 2.05) is 0 Å². The van der Waals surface area contributed by atoms with Gasteiger partial charge in [0, 0.05) is 10.9 Å². The third kappa shape index (κ3) is 2.52. The summed E-state index contributed by atoms with van der Waals surface area (Å²) in [7, 11) is -1.96. The maximum Gasteiger partial charge on any atom is 0.496 e. The molecule has 1 aromatic heterocycles. The second-order valence-electron chi connectivity index (χ2n) is 9.25. The van der Waals surface area contributed by atoms with E-state index >= 15 is 0 Å². The topological polar surface area (TPSA) is 120 Å². The highest BCUT2D eigenvalue weighted by atomic mass is 16.4. The molecule has 2 aliphatic carbocycles. The Morgan fingerprint density at radius 1 is 1.15 bits per heavy atom. The normalized spacial score (nSPS) is 29.9. The van der Waals surface area contributed by atoms with Gasteiger partial charge in [0.15, 0.2) is 11.5 Å². The Morgan fingerprint density at radius 3 is 2.52 bits per heavy atom. The van der Waals surface area contributed by atoms with Crippen LogP contribution in [0.2, 0.25) is 0 Å². The van der Waals surface area contributed by atoms with Gasteiger partial charge in [-0.05, 0) is 48.5 Å². The van der Waals surface area contributed by atoms with Crippen LogP contribution in [0.1, 0.15) is 70.2 Å². The Bertz CT molecular complexity index is 906. The Labute approximate surface area is 159 Å². The van der Waals surface area contributed by atoms with Gasteiger partial charge in [-0.3, -0.25) is 0 Å². The van der Waals surface area contributed by atoms with Crippen molar-refractivity contribution < 1.29 is 24.7 Å². The van der Waals surface area contributed by atoms with Gasteiger partial charge in [0.1, 0.15) is 11.3 Å². The molecule has 0 radical (unpaired) electrons. The maximum atomic E-state index is 10.2. The average Bonchev–Trinajstić information content (AvgIpc) is 2.88. The Kier molecular flexibility index (Phi) is 4.08. The molecule has 1 saturated carbocycles. The van der Waals surface area contributed by atoms with Crippen LogP contribution < -0.4 is 11.2 Å². The highest BCUT2D eigenvalue weighted by Gasteiger charge is 2.51. The zero-order chi connectivity index (χ0) is 19.7. The second kappa shape index (κ2) is 5.90. The SMILES string of the molecule is CC1(C)CCC[C@@]2(C)c3c(oc4c(B(O)O)c(O)c(O)cc34)C(N)CC[C@H]12. The van der Waals surface area contributed by atoms with Crippen LogP contribution in [0.5, 0.6) is 11.5 Å². The molecule has 7 heteroatoms. The van der Waals surface area contributed by atoms with Gasteiger partial charge in [-0.15, -0.1) is 0 Å². The number of phenols is 2. The zero-order valence-electron chi connectivity index (χ0n) is 16.1. The van der Waals surface area contributed by atoms with Crippen LogP contribution in [0.25, 0.3) is 11.0 Å². The number of nitrogens with two attached hydrogens (primary N) is 1. The quantitative estimate of drug-likeness (QED) is 0.387. The molecule has 146 valence electrons. The fourth-order valence-electron chi connectivity index (χ4n) is 5.95. The predicted molar refractivity (Wildman–Crippen MR) is 104 cm³/mol. The van der Waals surface area contributed by atoms with E-state index < -0.39 is 12.9 Å². The Hall–Kier alpha value is -1.70. The highest BCUT2D eigenvalue weighted by molar-refractivity contribution is 6.63. The van der Waals surface area contributed by atoms with Crippen LogP contribution in [-0.2, 0) is 5.41 Å². The zero-order valence-corrected chi connectivity index (χ0v) is 16.1. The third-order valence-electron chi connectivity index (χ3n) is 7.16. The molecule has 6 nitrogen and oxygen atoms in total. The van der Waals surface area contributed by atoms with Crippen molar-refractivity contribution >= 4 is 23.6 Å². The number of hydrogen-bond acceptors (Lipinski definition) is 6. The maximum absolute atomic E-state index is 10.2. The summed E-state index contributed by atoms with van der Waals surface area (Å²) in [5.41, 5.74) is 7.37. The van der Waals surface area contributed by atoms with Gasteiger partial charge >= 0.3 is 7.12 Å². The number of fused-ring (bicyclic) bond motifs is 5. The molecule has 1 unspecified atom stereocenters. The Balaban J connectivity index is 2.08. The molecule has 2 aromatic rings. The molecule has 4 rings (SSSR count). The molecule has 1 fully saturated rings. The first-order valence-corrected chi connectivity index (χ1v) is 9.71. The van der Waals surface area contributed by atoms with Gasteiger partial charge in [-0.25, -0.2) is 0 Å². The molecule has 6 N–H and O–H groups in total. The molecular weight excluding hydrogens is 345 g/mol. The van der Waals surface area contributed by atoms with Crippen molar-refractivity contribution in [3.8, 4) is 11.5 Å². The van der Waals surface area contributed by atoms with Gasteiger partial charge in [-0.1, -0.05) is 27.2 Å². The minimum atomic E-state index is -1.96. The molecule has 2 aliphatic rings. The van der Waals surface area contributed by atoms with Crippen LogP contribution in [-0.4, -0.2) is 27.4 Å². The average molecular weight is 373 g/mol. The summed E-state index contributed by atoms with van der Waals surface area (Å²) in [5.74, 6) is 0.0767. The molecule has 1 aromatic carbocycles. The molecule has 0 spiro atoms. The van der Waals surface area contributed by atoms with E-state index in [2.05, 4.69) is 20.8 Å². The number of furan rings is 1. The standard InChI is InChI=1S/C20H28BNO5/c1-19(2)7-4-8-20(3)13(19)6-5-11(22)18-14(20)10-9-12(23)16(24)15(21(25)26)17(10)27-18/h9,11,13,23-26H,4-8,22H2,1-3H3/t11?,13-,20-/m1/s1. The summed E-state index contributed by atoms with van der Waals surface area (Å²) >= 11 is 0. The molecule has 0 bridgehead atoms. The van der Waals surface area contributed by atoms with E-state index in [0.29, 0.717) is 17.1 Å². The first kappa shape index (κ1) is 18.7. The van der Waals surface area contributed by atoms with Crippen molar-refractivity contribution in [2.75, 3.05) is 0 Å². The fraction of sp³-hybridized carbons (Fsp3) is 0.600. The minimum Gasteiger partial charge on any atom is -0.504 e. The van der Waals surface area contributed by atoms with E-state index in [9.17, 15) is 20.3 Å². The lowest BCUT2D eigenvalue weighted by Gasteiger charge is -2.50. The van der Waals surface area contributed by atoms with Crippen LogP contribution in [0, 0.1) is 11.3 Å². The van der Waals surface area contributed by atoms with Crippen molar-refractivity contribution in [1.29, 1.82) is 0 Å². The minimum absolute atomic E-state index is 0.149. The molecular formula is C20H28BNO5. The van der Waals surface area contributed by atoms with Gasteiger partial charge in [0.05, 0.1) is 11.5 Å². The number of hydrogen-bond donors (Lipinski definition) is 5. The van der Waals surface area contributed by atoms with Gasteiger partial charge in [-0.2, -0.15) is 0 Å². The van der Waals surface area contributed by atoms with Crippen LogP contribution >= 0.6 is 0 Å². The van der Waals surface area contributed by atoms with E-state index in [0.717, 1.165) is 37.7 Å². The molecule has 1 heterocycles. The largest absolute Gasteiger partial charge is 0.504 e. The molecule has 0 saturated heterocycles. The van der Waals surface area contributed by atoms with Crippen molar-refractivity contribution in [3.63, 3.8) is 0 Å². The van der Waals surface area contributed by atoms with Gasteiger partial charge in [0.25, 0.3) is 0 Å². The summed E-state index contributed by atoms with van der Waals surface area (Å²) < 4.78 is 6.08. The van der Waals surface area contributed by atoms with E-state index in [1.54, 1.807) is 0 Å². The fourth-order valence-corrected chi connectivity index (χ4v) is 5.95. The summed E-state index contributed by atoms with van der Waals surface area (Å²) in [6.45, 7) is 6.85. The summed E-state index contributed by atoms with van der Waals surface area (Å²) in [6.07, 6.45) is 5.00. The van der Waals surface area contributed by atoms with Gasteiger partial charge in [0.2, 0.25) is 0 Å². The predicted octanol–water partition coefficient (Wildman–Crippen LogP) is 2.40. The van der Waals surface area contributed by atoms with Crippen molar-refractivity contribution in [2.24, 2.45) is 17.1 Å². The lowest BCUT2D eigenvalue weighted by Crippen LogP contribution is -2.44. The van der Waals surface area contributed by atoms with Crippen LogP contribution in [0.15, 0.2) is 10.5 Å². The summed E-state index contributed by atoms with van der Waals surface area (Å²) in [5, 5.41) is 40.6. The lowest BCUT2D eigenvalue weighted by atomic mass is 9.53. The van der Waals surface area contributed by atoms with Crippen LogP contribution in [0.3, 0.4) is 0 Å². The van der Waals surface area contributed by atoms with E-state index in [4.69, 9.17) is 10.2 Å².